The van der Waals surface area contributed by atoms with Gasteiger partial charge in [0.2, 0.25) is 5.91 Å². The molecule has 6 nitrogen and oxygen atoms in total. The molecule has 6 heteroatoms. The van der Waals surface area contributed by atoms with Gasteiger partial charge in [-0.05, 0) is 25.8 Å². The molecule has 2 N–H and O–H groups in total. The predicted octanol–water partition coefficient (Wildman–Crippen LogP) is 0.0854. The monoisotopic (exact) mass is 255 g/mol. The standard InChI is InChI=1S/C12H21N3O3/c1-18-12(17)14-9-5-7-15(8-9)11(16)10-4-2-3-6-13-10/h9-10,13H,2-8H2,1H3,(H,14,17)/t9?,10-/m0/s1. The van der Waals surface area contributed by atoms with E-state index in [2.05, 4.69) is 15.4 Å². The van der Waals surface area contributed by atoms with E-state index in [4.69, 9.17) is 0 Å². The lowest BCUT2D eigenvalue weighted by molar-refractivity contribution is -0.133. The molecule has 0 aliphatic carbocycles. The first-order valence-corrected chi connectivity index (χ1v) is 6.57. The number of nitrogens with zero attached hydrogens (tertiary/aromatic N) is 1. The Morgan fingerprint density at radius 1 is 1.33 bits per heavy atom. The van der Waals surface area contributed by atoms with Crippen LogP contribution >= 0.6 is 0 Å². The fourth-order valence-electron chi connectivity index (χ4n) is 2.59. The summed E-state index contributed by atoms with van der Waals surface area (Å²) in [7, 11) is 1.35. The Bertz CT molecular complexity index is 316. The fourth-order valence-corrected chi connectivity index (χ4v) is 2.59. The van der Waals surface area contributed by atoms with Gasteiger partial charge in [-0.15, -0.1) is 0 Å². The zero-order chi connectivity index (χ0) is 13.0. The molecule has 2 amide bonds. The summed E-state index contributed by atoms with van der Waals surface area (Å²) >= 11 is 0. The molecule has 0 spiro atoms. The minimum Gasteiger partial charge on any atom is -0.453 e. The highest BCUT2D eigenvalue weighted by atomic mass is 16.5. The Morgan fingerprint density at radius 2 is 2.17 bits per heavy atom. The van der Waals surface area contributed by atoms with Crippen molar-refractivity contribution in [2.75, 3.05) is 26.7 Å². The second-order valence-electron chi connectivity index (χ2n) is 4.91. The number of carbonyl (C=O) groups excluding carboxylic acids is 2. The molecule has 0 bridgehead atoms. The lowest BCUT2D eigenvalue weighted by atomic mass is 10.0. The van der Waals surface area contributed by atoms with Gasteiger partial charge in [0.05, 0.1) is 19.2 Å². The normalized spacial score (nSPS) is 27.9. The van der Waals surface area contributed by atoms with Crippen molar-refractivity contribution in [2.24, 2.45) is 0 Å². The highest BCUT2D eigenvalue weighted by Gasteiger charge is 2.32. The van der Waals surface area contributed by atoms with Crippen LogP contribution in [0.3, 0.4) is 0 Å². The van der Waals surface area contributed by atoms with Crippen LogP contribution in [0.2, 0.25) is 0 Å². The molecule has 2 rings (SSSR count). The van der Waals surface area contributed by atoms with Gasteiger partial charge in [-0.3, -0.25) is 4.79 Å². The Labute approximate surface area is 107 Å². The molecule has 18 heavy (non-hydrogen) atoms. The minimum atomic E-state index is -0.426. The molecule has 0 aromatic rings. The fraction of sp³-hybridized carbons (Fsp3) is 0.833. The van der Waals surface area contributed by atoms with E-state index in [1.807, 2.05) is 4.90 Å². The van der Waals surface area contributed by atoms with Gasteiger partial charge < -0.3 is 20.3 Å². The molecule has 2 aliphatic heterocycles. The van der Waals surface area contributed by atoms with Gasteiger partial charge in [0.1, 0.15) is 0 Å². The Kier molecular flexibility index (Phi) is 4.41. The number of hydrogen-bond donors (Lipinski definition) is 2. The van der Waals surface area contributed by atoms with Gasteiger partial charge in [0, 0.05) is 13.1 Å². The maximum absolute atomic E-state index is 12.2. The molecule has 2 atom stereocenters. The van der Waals surface area contributed by atoms with Crippen LogP contribution in [0.5, 0.6) is 0 Å². The summed E-state index contributed by atoms with van der Waals surface area (Å²) in [5.74, 6) is 0.170. The topological polar surface area (TPSA) is 70.7 Å². The van der Waals surface area contributed by atoms with E-state index >= 15 is 0 Å². The molecule has 2 aliphatic rings. The van der Waals surface area contributed by atoms with Crippen LogP contribution < -0.4 is 10.6 Å². The van der Waals surface area contributed by atoms with E-state index < -0.39 is 6.09 Å². The van der Waals surface area contributed by atoms with Crippen LogP contribution in [0.1, 0.15) is 25.7 Å². The molecule has 1 unspecified atom stereocenters. The lowest BCUT2D eigenvalue weighted by Gasteiger charge is -2.27. The average molecular weight is 255 g/mol. The van der Waals surface area contributed by atoms with E-state index in [0.29, 0.717) is 13.1 Å². The maximum Gasteiger partial charge on any atom is 0.407 e. The molecule has 0 aromatic heterocycles. The number of ether oxygens (including phenoxy) is 1. The van der Waals surface area contributed by atoms with E-state index in [1.165, 1.54) is 7.11 Å². The molecule has 0 radical (unpaired) electrons. The third-order valence-electron chi connectivity index (χ3n) is 3.62. The number of piperidine rings is 1. The number of carbonyl (C=O) groups is 2. The van der Waals surface area contributed by atoms with Crippen LogP contribution in [0.15, 0.2) is 0 Å². The van der Waals surface area contributed by atoms with Crippen LogP contribution in [0.4, 0.5) is 4.79 Å². The largest absolute Gasteiger partial charge is 0.453 e. The van der Waals surface area contributed by atoms with Gasteiger partial charge >= 0.3 is 6.09 Å². The number of nitrogens with one attached hydrogen (secondary N) is 2. The summed E-state index contributed by atoms with van der Waals surface area (Å²) in [4.78, 5) is 25.2. The molecule has 0 aromatic carbocycles. The molecule has 2 saturated heterocycles. The molecular formula is C12H21N3O3. The van der Waals surface area contributed by atoms with Crippen molar-refractivity contribution in [3.8, 4) is 0 Å². The van der Waals surface area contributed by atoms with Gasteiger partial charge in [0.25, 0.3) is 0 Å². The third kappa shape index (κ3) is 3.13. The first-order valence-electron chi connectivity index (χ1n) is 6.57. The summed E-state index contributed by atoms with van der Waals surface area (Å²) in [5.41, 5.74) is 0. The highest BCUT2D eigenvalue weighted by Crippen LogP contribution is 2.15. The summed E-state index contributed by atoms with van der Waals surface area (Å²) in [6.07, 6.45) is 3.56. The predicted molar refractivity (Wildman–Crippen MR) is 66.2 cm³/mol. The average Bonchev–Trinajstić information content (AvgIpc) is 2.87. The quantitative estimate of drug-likeness (QED) is 0.733. The van der Waals surface area contributed by atoms with Crippen molar-refractivity contribution in [1.29, 1.82) is 0 Å². The molecule has 2 heterocycles. The van der Waals surface area contributed by atoms with Crippen molar-refractivity contribution < 1.29 is 14.3 Å². The van der Waals surface area contributed by atoms with E-state index in [1.54, 1.807) is 0 Å². The molecule has 2 fully saturated rings. The van der Waals surface area contributed by atoms with Crippen LogP contribution in [0, 0.1) is 0 Å². The lowest BCUT2D eigenvalue weighted by Crippen LogP contribution is -2.48. The number of methoxy groups -OCH3 is 1. The van der Waals surface area contributed by atoms with E-state index in [9.17, 15) is 9.59 Å². The number of alkyl carbamates (subject to hydrolysis) is 1. The van der Waals surface area contributed by atoms with Gasteiger partial charge in [-0.2, -0.15) is 0 Å². The van der Waals surface area contributed by atoms with Crippen LogP contribution in [-0.2, 0) is 9.53 Å². The van der Waals surface area contributed by atoms with E-state index in [0.717, 1.165) is 32.2 Å². The Balaban J connectivity index is 1.80. The maximum atomic E-state index is 12.2. The summed E-state index contributed by atoms with van der Waals surface area (Å²) < 4.78 is 4.56. The first-order chi connectivity index (χ1) is 8.70. The smallest absolute Gasteiger partial charge is 0.407 e. The number of rotatable bonds is 2. The summed E-state index contributed by atoms with van der Waals surface area (Å²) in [6, 6.07) is -0.0133. The zero-order valence-electron chi connectivity index (χ0n) is 10.8. The second-order valence-corrected chi connectivity index (χ2v) is 4.91. The highest BCUT2D eigenvalue weighted by molar-refractivity contribution is 5.82. The van der Waals surface area contributed by atoms with Gasteiger partial charge in [-0.25, -0.2) is 4.79 Å². The number of amides is 2. The molecule has 0 saturated carbocycles. The summed E-state index contributed by atoms with van der Waals surface area (Å²) in [5, 5.41) is 6.00. The van der Waals surface area contributed by atoms with Crippen molar-refractivity contribution in [1.82, 2.24) is 15.5 Å². The Morgan fingerprint density at radius 3 is 2.83 bits per heavy atom. The number of hydrogen-bond acceptors (Lipinski definition) is 4. The SMILES string of the molecule is COC(=O)NC1CCN(C(=O)[C@@H]2CCCCN2)C1. The minimum absolute atomic E-state index is 0.0185. The van der Waals surface area contributed by atoms with E-state index in [-0.39, 0.29) is 18.0 Å². The summed E-state index contributed by atoms with van der Waals surface area (Å²) in [6.45, 7) is 2.23. The molecule has 102 valence electrons. The van der Waals surface area contributed by atoms with Crippen LogP contribution in [-0.4, -0.2) is 55.7 Å². The van der Waals surface area contributed by atoms with Crippen molar-refractivity contribution in [2.45, 2.75) is 37.8 Å². The van der Waals surface area contributed by atoms with Gasteiger partial charge in [0.15, 0.2) is 0 Å². The first kappa shape index (κ1) is 13.1. The molecular weight excluding hydrogens is 234 g/mol. The van der Waals surface area contributed by atoms with Gasteiger partial charge in [-0.1, -0.05) is 6.42 Å². The third-order valence-corrected chi connectivity index (χ3v) is 3.62. The van der Waals surface area contributed by atoms with Crippen LogP contribution in [0.25, 0.3) is 0 Å². The van der Waals surface area contributed by atoms with Crippen molar-refractivity contribution >= 4 is 12.0 Å². The second kappa shape index (κ2) is 6.04. The van der Waals surface area contributed by atoms with Crippen molar-refractivity contribution in [3.05, 3.63) is 0 Å². The van der Waals surface area contributed by atoms with Crippen molar-refractivity contribution in [3.63, 3.8) is 0 Å². The zero-order valence-corrected chi connectivity index (χ0v) is 10.8. The number of likely N-dealkylation sites (tertiary alicyclic amines) is 1. The Hall–Kier alpha value is -1.30.